The van der Waals surface area contributed by atoms with Crippen molar-refractivity contribution in [3.63, 3.8) is 0 Å². The third kappa shape index (κ3) is 2.75. The van der Waals surface area contributed by atoms with Crippen LogP contribution in [0, 0.1) is 5.82 Å². The van der Waals surface area contributed by atoms with Crippen LogP contribution in [0.2, 0.25) is 0 Å². The molecular weight excluding hydrogens is 237 g/mol. The van der Waals surface area contributed by atoms with Crippen LogP contribution in [0.1, 0.15) is 25.5 Å². The van der Waals surface area contributed by atoms with Crippen molar-refractivity contribution in [1.29, 1.82) is 0 Å². The van der Waals surface area contributed by atoms with Crippen LogP contribution in [0.4, 0.5) is 10.1 Å². The molecule has 1 saturated heterocycles. The minimum atomic E-state index is -0.618. The summed E-state index contributed by atoms with van der Waals surface area (Å²) >= 11 is 1.91. The summed E-state index contributed by atoms with van der Waals surface area (Å²) in [7, 11) is 0. The van der Waals surface area contributed by atoms with Crippen molar-refractivity contribution in [3.8, 4) is 0 Å². The molecule has 1 aromatic rings. The first-order valence-corrected chi connectivity index (χ1v) is 7.07. The molecule has 17 heavy (non-hydrogen) atoms. The zero-order valence-electron chi connectivity index (χ0n) is 10.2. The highest BCUT2D eigenvalue weighted by Gasteiger charge is 2.21. The van der Waals surface area contributed by atoms with Crippen LogP contribution in [0.15, 0.2) is 18.2 Å². The molecule has 0 saturated carbocycles. The summed E-state index contributed by atoms with van der Waals surface area (Å²) in [6.07, 6.45) is -0.618. The summed E-state index contributed by atoms with van der Waals surface area (Å²) in [5.41, 5.74) is 1.28. The van der Waals surface area contributed by atoms with E-state index < -0.39 is 6.10 Å². The number of benzene rings is 1. The van der Waals surface area contributed by atoms with Crippen molar-refractivity contribution >= 4 is 17.4 Å². The summed E-state index contributed by atoms with van der Waals surface area (Å²) in [5, 5.41) is 9.42. The van der Waals surface area contributed by atoms with Gasteiger partial charge in [0, 0.05) is 24.1 Å². The Balaban J connectivity index is 2.26. The molecule has 2 atom stereocenters. The maximum Gasteiger partial charge on any atom is 0.146 e. The van der Waals surface area contributed by atoms with E-state index in [9.17, 15) is 9.50 Å². The number of rotatable bonds is 2. The largest absolute Gasteiger partial charge is 0.389 e. The highest BCUT2D eigenvalue weighted by Crippen LogP contribution is 2.28. The lowest BCUT2D eigenvalue weighted by atomic mass is 10.1. The average Bonchev–Trinajstić information content (AvgIpc) is 2.30. The van der Waals surface area contributed by atoms with Crippen molar-refractivity contribution in [2.45, 2.75) is 26.0 Å². The van der Waals surface area contributed by atoms with Gasteiger partial charge in [-0.2, -0.15) is 11.8 Å². The van der Waals surface area contributed by atoms with E-state index in [2.05, 4.69) is 11.8 Å². The van der Waals surface area contributed by atoms with Gasteiger partial charge in [0.1, 0.15) is 5.82 Å². The molecule has 1 unspecified atom stereocenters. The Labute approximate surface area is 106 Å². The Morgan fingerprint density at radius 1 is 1.53 bits per heavy atom. The number of halogens is 1. The fraction of sp³-hybridized carbons (Fsp3) is 0.538. The highest BCUT2D eigenvalue weighted by molar-refractivity contribution is 7.99. The first-order chi connectivity index (χ1) is 8.09. The maximum atomic E-state index is 14.0. The number of aliphatic hydroxyl groups is 1. The summed E-state index contributed by atoms with van der Waals surface area (Å²) in [5.74, 6) is 1.85. The van der Waals surface area contributed by atoms with E-state index in [0.29, 0.717) is 17.3 Å². The molecule has 1 fully saturated rings. The van der Waals surface area contributed by atoms with Crippen molar-refractivity contribution < 1.29 is 9.50 Å². The zero-order valence-corrected chi connectivity index (χ0v) is 11.0. The first-order valence-electron chi connectivity index (χ1n) is 5.91. The van der Waals surface area contributed by atoms with Gasteiger partial charge in [0.05, 0.1) is 11.8 Å². The molecule has 4 heteroatoms. The van der Waals surface area contributed by atoms with Crippen molar-refractivity contribution in [3.05, 3.63) is 29.6 Å². The lowest BCUT2D eigenvalue weighted by Gasteiger charge is -2.35. The van der Waals surface area contributed by atoms with Crippen molar-refractivity contribution in [1.82, 2.24) is 0 Å². The first kappa shape index (κ1) is 12.7. The number of nitrogens with zero attached hydrogens (tertiary/aromatic N) is 1. The van der Waals surface area contributed by atoms with Gasteiger partial charge in [0.25, 0.3) is 0 Å². The molecule has 94 valence electrons. The van der Waals surface area contributed by atoms with E-state index in [4.69, 9.17) is 0 Å². The predicted octanol–water partition coefficient (Wildman–Crippen LogP) is 2.82. The standard InChI is InChI=1S/C13H18FNOS/c1-9-8-17-6-5-15(9)13-4-3-11(10(2)16)7-12(13)14/h3-4,7,9-10,16H,5-6,8H2,1-2H3/t9?,10-/m1/s1. The van der Waals surface area contributed by atoms with Gasteiger partial charge in [-0.3, -0.25) is 0 Å². The van der Waals surface area contributed by atoms with Gasteiger partial charge in [-0.05, 0) is 31.5 Å². The number of hydrogen-bond donors (Lipinski definition) is 1. The summed E-state index contributed by atoms with van der Waals surface area (Å²) in [6, 6.07) is 5.39. The van der Waals surface area contributed by atoms with Crippen LogP contribution in [-0.4, -0.2) is 29.2 Å². The Hall–Kier alpha value is -0.740. The van der Waals surface area contributed by atoms with Crippen LogP contribution < -0.4 is 4.90 Å². The quantitative estimate of drug-likeness (QED) is 0.879. The Morgan fingerprint density at radius 2 is 2.29 bits per heavy atom. The number of anilines is 1. The molecule has 1 aliphatic rings. The Bertz CT molecular complexity index is 397. The van der Waals surface area contributed by atoms with Gasteiger partial charge >= 0.3 is 0 Å². The molecular formula is C13H18FNOS. The second kappa shape index (κ2) is 5.27. The molecule has 1 aliphatic heterocycles. The molecule has 2 rings (SSSR count). The lowest BCUT2D eigenvalue weighted by Crippen LogP contribution is -2.40. The minimum Gasteiger partial charge on any atom is -0.389 e. The molecule has 1 N–H and O–H groups in total. The zero-order chi connectivity index (χ0) is 12.4. The molecule has 0 amide bonds. The smallest absolute Gasteiger partial charge is 0.146 e. The van der Waals surface area contributed by atoms with Crippen LogP contribution >= 0.6 is 11.8 Å². The molecule has 0 radical (unpaired) electrons. The molecule has 0 bridgehead atoms. The van der Waals surface area contributed by atoms with Gasteiger partial charge in [-0.1, -0.05) is 6.07 Å². The molecule has 2 nitrogen and oxygen atoms in total. The number of aliphatic hydroxyl groups excluding tert-OH is 1. The van der Waals surface area contributed by atoms with Crippen LogP contribution in [0.5, 0.6) is 0 Å². The molecule has 1 aromatic carbocycles. The van der Waals surface area contributed by atoms with Crippen LogP contribution in [0.3, 0.4) is 0 Å². The lowest BCUT2D eigenvalue weighted by molar-refractivity contribution is 0.199. The van der Waals surface area contributed by atoms with Gasteiger partial charge in [-0.25, -0.2) is 4.39 Å². The number of thioether (sulfide) groups is 1. The molecule has 0 spiro atoms. The van der Waals surface area contributed by atoms with Gasteiger partial charge < -0.3 is 10.0 Å². The van der Waals surface area contributed by atoms with E-state index in [0.717, 1.165) is 18.1 Å². The molecule has 0 aromatic heterocycles. The van der Waals surface area contributed by atoms with Crippen molar-refractivity contribution in [2.24, 2.45) is 0 Å². The van der Waals surface area contributed by atoms with Gasteiger partial charge in [0.15, 0.2) is 0 Å². The normalized spacial score (nSPS) is 22.6. The topological polar surface area (TPSA) is 23.5 Å². The van der Waals surface area contributed by atoms with E-state index in [1.165, 1.54) is 6.07 Å². The third-order valence-corrected chi connectivity index (χ3v) is 4.32. The Kier molecular flexibility index (Phi) is 3.94. The molecule has 1 heterocycles. The van der Waals surface area contributed by atoms with E-state index in [1.807, 2.05) is 11.8 Å². The van der Waals surface area contributed by atoms with Gasteiger partial charge in [-0.15, -0.1) is 0 Å². The van der Waals surface area contributed by atoms with Crippen LogP contribution in [-0.2, 0) is 0 Å². The van der Waals surface area contributed by atoms with Gasteiger partial charge in [0.2, 0.25) is 0 Å². The van der Waals surface area contributed by atoms with E-state index in [-0.39, 0.29) is 5.82 Å². The monoisotopic (exact) mass is 255 g/mol. The summed E-state index contributed by atoms with van der Waals surface area (Å²) in [4.78, 5) is 2.11. The maximum absolute atomic E-state index is 14.0. The third-order valence-electron chi connectivity index (χ3n) is 3.13. The number of hydrogen-bond acceptors (Lipinski definition) is 3. The molecule has 0 aliphatic carbocycles. The summed E-state index contributed by atoms with van der Waals surface area (Å²) in [6.45, 7) is 4.65. The van der Waals surface area contributed by atoms with E-state index >= 15 is 0 Å². The summed E-state index contributed by atoms with van der Waals surface area (Å²) < 4.78 is 14.0. The minimum absolute atomic E-state index is 0.234. The fourth-order valence-corrected chi connectivity index (χ4v) is 3.11. The van der Waals surface area contributed by atoms with Crippen LogP contribution in [0.25, 0.3) is 0 Å². The Morgan fingerprint density at radius 3 is 2.88 bits per heavy atom. The second-order valence-corrected chi connectivity index (χ2v) is 5.65. The average molecular weight is 255 g/mol. The fourth-order valence-electron chi connectivity index (χ4n) is 2.10. The van der Waals surface area contributed by atoms with Crippen molar-refractivity contribution in [2.75, 3.05) is 23.0 Å². The highest BCUT2D eigenvalue weighted by atomic mass is 32.2. The second-order valence-electron chi connectivity index (χ2n) is 4.50. The predicted molar refractivity (Wildman–Crippen MR) is 71.2 cm³/mol. The SMILES string of the molecule is CC1CSCCN1c1ccc([C@@H](C)O)cc1F. The van der Waals surface area contributed by atoms with E-state index in [1.54, 1.807) is 19.1 Å².